The number of rotatable bonds is 3. The van der Waals surface area contributed by atoms with E-state index in [4.69, 9.17) is 12.2 Å². The van der Waals surface area contributed by atoms with Crippen LogP contribution in [0.25, 0.3) is 0 Å². The van der Waals surface area contributed by atoms with E-state index in [9.17, 15) is 14.4 Å². The van der Waals surface area contributed by atoms with E-state index >= 15 is 0 Å². The average molecular weight is 418 g/mol. The molecule has 2 aliphatic rings. The molecule has 0 saturated carbocycles. The summed E-state index contributed by atoms with van der Waals surface area (Å²) in [6.07, 6.45) is 1.37. The molecule has 1 fully saturated rings. The van der Waals surface area contributed by atoms with Gasteiger partial charge in [0.2, 0.25) is 0 Å². The van der Waals surface area contributed by atoms with Crippen LogP contribution >= 0.6 is 12.2 Å². The van der Waals surface area contributed by atoms with Crippen molar-refractivity contribution in [1.29, 1.82) is 0 Å². The van der Waals surface area contributed by atoms with Gasteiger partial charge in [-0.05, 0) is 56.4 Å². The first-order chi connectivity index (χ1) is 14.4. The molecule has 3 amide bonds. The number of amides is 3. The van der Waals surface area contributed by atoms with Crippen molar-refractivity contribution in [2.75, 3.05) is 9.91 Å². The Morgan fingerprint density at radius 2 is 1.63 bits per heavy atom. The highest BCUT2D eigenvalue weighted by Crippen LogP contribution is 2.27. The summed E-state index contributed by atoms with van der Waals surface area (Å²) in [5, 5.41) is 8.13. The zero-order valence-electron chi connectivity index (χ0n) is 16.3. The van der Waals surface area contributed by atoms with Crippen molar-refractivity contribution in [2.45, 2.75) is 13.8 Å². The summed E-state index contributed by atoms with van der Waals surface area (Å²) in [4.78, 5) is 39.8. The van der Waals surface area contributed by atoms with Crippen LogP contribution in [0.5, 0.6) is 0 Å². The van der Waals surface area contributed by atoms with Gasteiger partial charge in [-0.2, -0.15) is 10.1 Å². The Labute approximate surface area is 178 Å². The van der Waals surface area contributed by atoms with E-state index in [1.807, 2.05) is 25.1 Å². The second-order valence-corrected chi connectivity index (χ2v) is 7.41. The van der Waals surface area contributed by atoms with Gasteiger partial charge in [-0.3, -0.25) is 24.6 Å². The Bertz CT molecular complexity index is 1120. The van der Waals surface area contributed by atoms with Gasteiger partial charge in [0.25, 0.3) is 17.7 Å². The summed E-state index contributed by atoms with van der Waals surface area (Å²) in [5.41, 5.74) is 2.53. The zero-order valence-corrected chi connectivity index (χ0v) is 17.1. The second kappa shape index (κ2) is 7.64. The fourth-order valence-electron chi connectivity index (χ4n) is 3.30. The van der Waals surface area contributed by atoms with Crippen LogP contribution in [0.1, 0.15) is 12.5 Å². The molecule has 150 valence electrons. The number of carbonyl (C=O) groups is 3. The van der Waals surface area contributed by atoms with Crippen LogP contribution in [0.4, 0.5) is 11.4 Å². The lowest BCUT2D eigenvalue weighted by Crippen LogP contribution is -2.54. The lowest BCUT2D eigenvalue weighted by atomic mass is 9.98. The minimum Gasteiger partial charge on any atom is -0.298 e. The molecule has 2 heterocycles. The molecule has 2 aliphatic heterocycles. The third kappa shape index (κ3) is 3.42. The maximum atomic E-state index is 13.1. The quantitative estimate of drug-likeness (QED) is 0.472. The van der Waals surface area contributed by atoms with E-state index in [0.29, 0.717) is 17.1 Å². The van der Waals surface area contributed by atoms with Crippen LogP contribution < -0.4 is 15.2 Å². The van der Waals surface area contributed by atoms with E-state index in [2.05, 4.69) is 10.4 Å². The number of anilines is 2. The normalized spacial score (nSPS) is 20.7. The summed E-state index contributed by atoms with van der Waals surface area (Å²) >= 11 is 5.21. The Hall–Kier alpha value is -3.65. The van der Waals surface area contributed by atoms with Crippen molar-refractivity contribution in [3.8, 4) is 0 Å². The van der Waals surface area contributed by atoms with Crippen molar-refractivity contribution in [1.82, 2.24) is 5.32 Å². The maximum Gasteiger partial charge on any atom is 0.269 e. The van der Waals surface area contributed by atoms with Crippen LogP contribution in [-0.2, 0) is 14.4 Å². The first-order valence-corrected chi connectivity index (χ1v) is 9.70. The zero-order chi connectivity index (χ0) is 21.4. The Kier molecular flexibility index (Phi) is 5.01. The number of aryl methyl sites for hydroxylation is 1. The molecule has 0 aromatic heterocycles. The molecule has 0 bridgehead atoms. The third-order valence-corrected chi connectivity index (χ3v) is 5.20. The van der Waals surface area contributed by atoms with Gasteiger partial charge in [0.1, 0.15) is 5.57 Å². The van der Waals surface area contributed by atoms with Gasteiger partial charge in [0.15, 0.2) is 5.11 Å². The third-order valence-electron chi connectivity index (χ3n) is 4.91. The molecule has 0 spiro atoms. The number of hydrazone groups is 1. The minimum absolute atomic E-state index is 0.0000487. The summed E-state index contributed by atoms with van der Waals surface area (Å²) in [6.45, 7) is 3.62. The number of nitrogens with one attached hydrogen (secondary N) is 1. The van der Waals surface area contributed by atoms with Gasteiger partial charge in [-0.25, -0.2) is 0 Å². The predicted octanol–water partition coefficient (Wildman–Crippen LogP) is 2.71. The molecular weight excluding hydrogens is 400 g/mol. The molecule has 4 rings (SSSR count). The predicted molar refractivity (Wildman–Crippen MR) is 118 cm³/mol. The Morgan fingerprint density at radius 3 is 2.30 bits per heavy atom. The second-order valence-electron chi connectivity index (χ2n) is 7.02. The monoisotopic (exact) mass is 418 g/mol. The number of thiocarbonyl (C=S) groups is 1. The fraction of sp³-hybridized carbons (Fsp3) is 0.136. The van der Waals surface area contributed by atoms with Gasteiger partial charge in [0.05, 0.1) is 23.0 Å². The number of carbonyl (C=O) groups excluding carboxylic acids is 3. The lowest BCUT2D eigenvalue weighted by Gasteiger charge is -2.29. The van der Waals surface area contributed by atoms with E-state index in [-0.39, 0.29) is 16.6 Å². The van der Waals surface area contributed by atoms with Crippen molar-refractivity contribution in [3.05, 3.63) is 71.8 Å². The van der Waals surface area contributed by atoms with Crippen molar-refractivity contribution in [2.24, 2.45) is 11.0 Å². The molecule has 7 nitrogen and oxygen atoms in total. The first-order valence-electron chi connectivity index (χ1n) is 9.29. The van der Waals surface area contributed by atoms with E-state index in [1.165, 1.54) is 16.0 Å². The molecule has 1 atom stereocenters. The van der Waals surface area contributed by atoms with Crippen LogP contribution in [-0.4, -0.2) is 28.5 Å². The first kappa shape index (κ1) is 19.7. The molecule has 0 unspecified atom stereocenters. The molecule has 1 saturated heterocycles. The van der Waals surface area contributed by atoms with Crippen LogP contribution in [0.3, 0.4) is 0 Å². The smallest absolute Gasteiger partial charge is 0.269 e. The van der Waals surface area contributed by atoms with Gasteiger partial charge in [0, 0.05) is 0 Å². The van der Waals surface area contributed by atoms with Crippen LogP contribution in [0, 0.1) is 12.8 Å². The highest BCUT2D eigenvalue weighted by atomic mass is 32.1. The highest BCUT2D eigenvalue weighted by Gasteiger charge is 2.39. The van der Waals surface area contributed by atoms with Gasteiger partial charge >= 0.3 is 0 Å². The number of para-hydroxylation sites is 1. The average Bonchev–Trinajstić information content (AvgIpc) is 3.01. The summed E-state index contributed by atoms with van der Waals surface area (Å²) in [6, 6.07) is 16.2. The summed E-state index contributed by atoms with van der Waals surface area (Å²) in [7, 11) is 0. The number of nitrogens with zero attached hydrogens (tertiary/aromatic N) is 3. The van der Waals surface area contributed by atoms with Crippen molar-refractivity contribution >= 4 is 52.1 Å². The fourth-order valence-corrected chi connectivity index (χ4v) is 3.58. The highest BCUT2D eigenvalue weighted by molar-refractivity contribution is 7.80. The summed E-state index contributed by atoms with van der Waals surface area (Å²) in [5.74, 6) is -2.36. The van der Waals surface area contributed by atoms with E-state index < -0.39 is 17.7 Å². The Balaban J connectivity index is 1.67. The van der Waals surface area contributed by atoms with Crippen molar-refractivity contribution < 1.29 is 14.4 Å². The van der Waals surface area contributed by atoms with Gasteiger partial charge in [-0.1, -0.05) is 35.9 Å². The summed E-state index contributed by atoms with van der Waals surface area (Å²) < 4.78 is 0. The molecule has 2 aromatic rings. The molecule has 0 radical (unpaired) electrons. The molecule has 0 aliphatic carbocycles. The molecule has 2 aromatic carbocycles. The Morgan fingerprint density at radius 1 is 0.967 bits per heavy atom. The number of hydrogen-bond donors (Lipinski definition) is 1. The number of hydrogen-bond acceptors (Lipinski definition) is 5. The molecule has 30 heavy (non-hydrogen) atoms. The largest absolute Gasteiger partial charge is 0.298 e. The topological polar surface area (TPSA) is 82.1 Å². The maximum absolute atomic E-state index is 13.1. The lowest BCUT2D eigenvalue weighted by molar-refractivity contribution is -0.122. The van der Waals surface area contributed by atoms with Crippen molar-refractivity contribution in [3.63, 3.8) is 0 Å². The van der Waals surface area contributed by atoms with E-state index in [1.54, 1.807) is 43.3 Å². The minimum atomic E-state index is -0.818. The molecule has 8 heteroatoms. The van der Waals surface area contributed by atoms with E-state index in [0.717, 1.165) is 5.56 Å². The van der Waals surface area contributed by atoms with Crippen LogP contribution in [0.15, 0.2) is 71.3 Å². The molecular formula is C22H18N4O3S. The standard InChI is InChI=1S/C22H18N4O3S/c1-13-8-10-15(11-9-13)25-20(28)18(19(27)23-22(25)30)12-17-14(2)24-26(21(17)29)16-6-4-3-5-7-16/h3-12,17H,1-2H3,(H,23,27,30)/b18-12-/t17-/m1/s1. The van der Waals surface area contributed by atoms with Gasteiger partial charge < -0.3 is 0 Å². The molecule has 1 N–H and O–H groups in total. The van der Waals surface area contributed by atoms with Gasteiger partial charge in [-0.15, -0.1) is 0 Å². The number of benzene rings is 2. The SMILES string of the molecule is CC1=NN(c2ccccc2)C(=O)[C@@H]1/C=C1/C(=O)NC(=S)N(c2ccc(C)cc2)C1=O. The van der Waals surface area contributed by atoms with Crippen LogP contribution in [0.2, 0.25) is 0 Å².